The van der Waals surface area contributed by atoms with Crippen molar-refractivity contribution in [3.8, 4) is 22.3 Å². The smallest absolute Gasteiger partial charge is 0.348 e. The summed E-state index contributed by atoms with van der Waals surface area (Å²) in [4.78, 5) is 15.5. The lowest BCUT2D eigenvalue weighted by atomic mass is 9.97. The third-order valence-corrected chi connectivity index (χ3v) is 5.92. The molecule has 0 amide bonds. The van der Waals surface area contributed by atoms with Crippen molar-refractivity contribution in [2.45, 2.75) is 16.7 Å². The minimum absolute atomic E-state index is 0.238. The van der Waals surface area contributed by atoms with Crippen LogP contribution in [0, 0.1) is 0 Å². The summed E-state index contributed by atoms with van der Waals surface area (Å²) in [7, 11) is 0. The predicted octanol–water partition coefficient (Wildman–Crippen LogP) is 5.72. The van der Waals surface area contributed by atoms with E-state index in [1.807, 2.05) is 25.1 Å². The Labute approximate surface area is 143 Å². The van der Waals surface area contributed by atoms with Gasteiger partial charge in [0.15, 0.2) is 0 Å². The number of rotatable bonds is 2. The van der Waals surface area contributed by atoms with Gasteiger partial charge in [0.2, 0.25) is 0 Å². The van der Waals surface area contributed by atoms with E-state index < -0.39 is 0 Å². The first-order valence-corrected chi connectivity index (χ1v) is 9.14. The van der Waals surface area contributed by atoms with Gasteiger partial charge in [0.25, 0.3) is 0 Å². The molecule has 0 N–H and O–H groups in total. The molecule has 2 nitrogen and oxygen atoms in total. The highest BCUT2D eigenvalue weighted by molar-refractivity contribution is 7.99. The standard InChI is InChI=1S/C19H14O2S2/c1-2-21-19(20)18-17-13-8-4-6-10-16(13)23-15-9-5-3-7-12(15)14(17)11-22-18/h3-11H,2H2,1H3. The Kier molecular flexibility index (Phi) is 3.71. The molecule has 23 heavy (non-hydrogen) atoms. The number of hydrogen-bond acceptors (Lipinski definition) is 4. The highest BCUT2D eigenvalue weighted by atomic mass is 32.2. The van der Waals surface area contributed by atoms with Crippen LogP contribution in [-0.4, -0.2) is 12.6 Å². The van der Waals surface area contributed by atoms with Crippen molar-refractivity contribution in [3.63, 3.8) is 0 Å². The minimum Gasteiger partial charge on any atom is -0.462 e. The molecule has 0 fully saturated rings. The van der Waals surface area contributed by atoms with Gasteiger partial charge in [0, 0.05) is 26.3 Å². The normalized spacial score (nSPS) is 11.9. The fourth-order valence-corrected chi connectivity index (χ4v) is 4.90. The summed E-state index contributed by atoms with van der Waals surface area (Å²) in [5.74, 6) is -0.238. The van der Waals surface area contributed by atoms with E-state index in [9.17, 15) is 4.79 Å². The molecule has 0 aliphatic carbocycles. The molecular formula is C19H14O2S2. The molecule has 114 valence electrons. The zero-order valence-corrected chi connectivity index (χ0v) is 14.2. The summed E-state index contributed by atoms with van der Waals surface area (Å²) in [6.45, 7) is 2.22. The SMILES string of the molecule is CCOC(=O)c1scc2c1-c1ccccc1Sc1ccccc1-2. The number of hydrogen-bond donors (Lipinski definition) is 0. The van der Waals surface area contributed by atoms with Crippen LogP contribution in [0.5, 0.6) is 0 Å². The average molecular weight is 338 g/mol. The van der Waals surface area contributed by atoms with Gasteiger partial charge in [0.1, 0.15) is 4.88 Å². The molecular weight excluding hydrogens is 324 g/mol. The summed E-state index contributed by atoms with van der Waals surface area (Å²) in [5.41, 5.74) is 4.40. The van der Waals surface area contributed by atoms with Gasteiger partial charge in [-0.3, -0.25) is 0 Å². The summed E-state index contributed by atoms with van der Waals surface area (Å²) in [5, 5.41) is 2.07. The monoisotopic (exact) mass is 338 g/mol. The Morgan fingerprint density at radius 2 is 1.61 bits per heavy atom. The summed E-state index contributed by atoms with van der Waals surface area (Å²) in [6.07, 6.45) is 0. The van der Waals surface area contributed by atoms with E-state index in [1.165, 1.54) is 26.7 Å². The summed E-state index contributed by atoms with van der Waals surface area (Å²) >= 11 is 3.22. The summed E-state index contributed by atoms with van der Waals surface area (Å²) in [6, 6.07) is 16.6. The molecule has 4 heteroatoms. The van der Waals surface area contributed by atoms with Gasteiger partial charge >= 0.3 is 5.97 Å². The van der Waals surface area contributed by atoms with Crippen molar-refractivity contribution in [3.05, 3.63) is 58.8 Å². The molecule has 0 atom stereocenters. The Morgan fingerprint density at radius 3 is 2.35 bits per heavy atom. The number of fused-ring (bicyclic) bond motifs is 5. The predicted molar refractivity (Wildman–Crippen MR) is 95.3 cm³/mol. The first kappa shape index (κ1) is 14.5. The minimum atomic E-state index is -0.238. The van der Waals surface area contributed by atoms with Crippen LogP contribution in [-0.2, 0) is 4.74 Å². The maximum absolute atomic E-state index is 12.4. The first-order valence-electron chi connectivity index (χ1n) is 7.45. The molecule has 2 aromatic carbocycles. The highest BCUT2D eigenvalue weighted by Gasteiger charge is 2.26. The summed E-state index contributed by atoms with van der Waals surface area (Å²) < 4.78 is 5.26. The quantitative estimate of drug-likeness (QED) is 0.437. The van der Waals surface area contributed by atoms with E-state index in [0.717, 1.165) is 16.7 Å². The Bertz CT molecular complexity index is 896. The van der Waals surface area contributed by atoms with Gasteiger partial charge in [-0.1, -0.05) is 48.2 Å². The van der Waals surface area contributed by atoms with Gasteiger partial charge < -0.3 is 4.74 Å². The van der Waals surface area contributed by atoms with Crippen molar-refractivity contribution in [1.82, 2.24) is 0 Å². The topological polar surface area (TPSA) is 26.3 Å². The maximum atomic E-state index is 12.4. The molecule has 0 spiro atoms. The molecule has 3 aromatic rings. The van der Waals surface area contributed by atoms with Crippen molar-refractivity contribution in [2.75, 3.05) is 6.61 Å². The van der Waals surface area contributed by atoms with E-state index in [0.29, 0.717) is 11.5 Å². The lowest BCUT2D eigenvalue weighted by Crippen LogP contribution is -2.04. The zero-order valence-electron chi connectivity index (χ0n) is 12.5. The average Bonchev–Trinajstić information content (AvgIpc) is 2.95. The first-order chi connectivity index (χ1) is 11.3. The fourth-order valence-electron chi connectivity index (χ4n) is 2.83. The third-order valence-electron chi connectivity index (χ3n) is 3.81. The second-order valence-electron chi connectivity index (χ2n) is 5.17. The lowest BCUT2D eigenvalue weighted by molar-refractivity contribution is 0.0533. The van der Waals surface area contributed by atoms with Crippen molar-refractivity contribution >= 4 is 29.1 Å². The lowest BCUT2D eigenvalue weighted by Gasteiger charge is -2.08. The number of carbonyl (C=O) groups is 1. The molecule has 1 aliphatic heterocycles. The van der Waals surface area contributed by atoms with Crippen LogP contribution >= 0.6 is 23.1 Å². The number of thiophene rings is 1. The van der Waals surface area contributed by atoms with Gasteiger partial charge in [-0.2, -0.15) is 0 Å². The van der Waals surface area contributed by atoms with Gasteiger partial charge in [-0.05, 0) is 30.2 Å². The van der Waals surface area contributed by atoms with Gasteiger partial charge in [-0.15, -0.1) is 11.3 Å². The number of ether oxygens (including phenoxy) is 1. The van der Waals surface area contributed by atoms with Crippen LogP contribution in [0.3, 0.4) is 0 Å². The maximum Gasteiger partial charge on any atom is 0.348 e. The number of benzene rings is 2. The van der Waals surface area contributed by atoms with Gasteiger partial charge in [-0.25, -0.2) is 4.79 Å². The van der Waals surface area contributed by atoms with Crippen molar-refractivity contribution in [2.24, 2.45) is 0 Å². The Morgan fingerprint density at radius 1 is 0.957 bits per heavy atom. The third kappa shape index (κ3) is 2.38. The molecule has 0 saturated carbocycles. The van der Waals surface area contributed by atoms with E-state index in [4.69, 9.17) is 4.74 Å². The largest absolute Gasteiger partial charge is 0.462 e. The van der Waals surface area contributed by atoms with Crippen LogP contribution in [0.1, 0.15) is 16.6 Å². The van der Waals surface area contributed by atoms with Crippen LogP contribution in [0.25, 0.3) is 22.3 Å². The second-order valence-corrected chi connectivity index (χ2v) is 7.13. The molecule has 1 aliphatic rings. The molecule has 1 aromatic heterocycles. The molecule has 4 rings (SSSR count). The van der Waals surface area contributed by atoms with Crippen molar-refractivity contribution < 1.29 is 9.53 Å². The van der Waals surface area contributed by atoms with Crippen LogP contribution in [0.4, 0.5) is 0 Å². The highest BCUT2D eigenvalue weighted by Crippen LogP contribution is 2.50. The van der Waals surface area contributed by atoms with Crippen LogP contribution in [0.15, 0.2) is 63.7 Å². The Hall–Kier alpha value is -2.04. The molecule has 0 unspecified atom stereocenters. The van der Waals surface area contributed by atoms with Crippen LogP contribution in [0.2, 0.25) is 0 Å². The zero-order chi connectivity index (χ0) is 15.8. The number of carbonyl (C=O) groups excluding carboxylic acids is 1. The fraction of sp³-hybridized carbons (Fsp3) is 0.105. The van der Waals surface area contributed by atoms with E-state index in [2.05, 4.69) is 35.7 Å². The molecule has 0 bridgehead atoms. The van der Waals surface area contributed by atoms with E-state index in [1.54, 1.807) is 11.8 Å². The Balaban J connectivity index is 2.03. The molecule has 0 saturated heterocycles. The second kappa shape index (κ2) is 5.87. The van der Waals surface area contributed by atoms with E-state index >= 15 is 0 Å². The van der Waals surface area contributed by atoms with Gasteiger partial charge in [0.05, 0.1) is 6.61 Å². The molecule has 0 radical (unpaired) electrons. The van der Waals surface area contributed by atoms with Crippen molar-refractivity contribution in [1.29, 1.82) is 0 Å². The van der Waals surface area contributed by atoms with E-state index in [-0.39, 0.29) is 5.97 Å². The number of esters is 1. The molecule has 2 heterocycles. The van der Waals surface area contributed by atoms with Crippen LogP contribution < -0.4 is 0 Å².